The predicted octanol–water partition coefficient (Wildman–Crippen LogP) is 0.871. The lowest BCUT2D eigenvalue weighted by Crippen LogP contribution is -2.34. The fourth-order valence-electron chi connectivity index (χ4n) is 2.85. The summed E-state index contributed by atoms with van der Waals surface area (Å²) in [5, 5.41) is 23.7. The maximum Gasteiger partial charge on any atom is 0.159 e. The Morgan fingerprint density at radius 1 is 1.35 bits per heavy atom. The topological polar surface area (TPSA) is 73.9 Å². The largest absolute Gasteiger partial charge is 0.396 e. The van der Waals surface area contributed by atoms with Crippen LogP contribution in [0.25, 0.3) is 5.65 Å². The van der Waals surface area contributed by atoms with Crippen molar-refractivity contribution in [2.45, 2.75) is 19.4 Å². The van der Waals surface area contributed by atoms with Crippen LogP contribution in [0.1, 0.15) is 12.1 Å². The minimum Gasteiger partial charge on any atom is -0.396 e. The van der Waals surface area contributed by atoms with Gasteiger partial charge in [-0.2, -0.15) is 9.61 Å². The van der Waals surface area contributed by atoms with E-state index in [2.05, 4.69) is 10.1 Å². The second-order valence-electron chi connectivity index (χ2n) is 5.27. The zero-order valence-corrected chi connectivity index (χ0v) is 12.0. The molecule has 108 valence electrons. The van der Waals surface area contributed by atoms with Crippen LogP contribution in [0.15, 0.2) is 12.1 Å². The molecule has 20 heavy (non-hydrogen) atoms. The molecule has 6 nitrogen and oxygen atoms in total. The first-order valence-corrected chi connectivity index (χ1v) is 7.01. The van der Waals surface area contributed by atoms with E-state index < -0.39 is 0 Å². The predicted molar refractivity (Wildman–Crippen MR) is 76.1 cm³/mol. The minimum absolute atomic E-state index is 0.0293. The van der Waals surface area contributed by atoms with Gasteiger partial charge in [-0.25, -0.2) is 4.98 Å². The fourth-order valence-corrected chi connectivity index (χ4v) is 3.03. The number of hydrogen-bond donors (Lipinski definition) is 2. The molecule has 1 fully saturated rings. The number of halogens is 1. The number of fused-ring (bicyclic) bond motifs is 1. The normalized spacial score (nSPS) is 22.9. The molecular weight excluding hydrogens is 280 g/mol. The SMILES string of the molecule is Cc1cc2nc(Cl)cc(N3CC(CO)CC3CO)n2n1. The molecule has 1 aliphatic heterocycles. The van der Waals surface area contributed by atoms with Crippen LogP contribution in [0.5, 0.6) is 0 Å². The highest BCUT2D eigenvalue weighted by Crippen LogP contribution is 2.30. The maximum atomic E-state index is 9.56. The lowest BCUT2D eigenvalue weighted by Gasteiger charge is -2.25. The Morgan fingerprint density at radius 3 is 2.85 bits per heavy atom. The Morgan fingerprint density at radius 2 is 2.15 bits per heavy atom. The zero-order chi connectivity index (χ0) is 14.3. The third-order valence-electron chi connectivity index (χ3n) is 3.76. The molecule has 7 heteroatoms. The van der Waals surface area contributed by atoms with E-state index in [0.29, 0.717) is 17.3 Å². The highest BCUT2D eigenvalue weighted by Gasteiger charge is 2.33. The number of aliphatic hydroxyl groups is 2. The summed E-state index contributed by atoms with van der Waals surface area (Å²) in [5.74, 6) is 0.967. The van der Waals surface area contributed by atoms with Gasteiger partial charge in [-0.1, -0.05) is 11.6 Å². The molecular formula is C13H17ClN4O2. The van der Waals surface area contributed by atoms with Gasteiger partial charge in [0.15, 0.2) is 5.65 Å². The Hall–Kier alpha value is -1.37. The molecule has 0 aromatic carbocycles. The Labute approximate surface area is 121 Å². The van der Waals surface area contributed by atoms with Gasteiger partial charge in [0.05, 0.1) is 18.3 Å². The second kappa shape index (κ2) is 5.20. The quantitative estimate of drug-likeness (QED) is 0.822. The van der Waals surface area contributed by atoms with Crippen LogP contribution < -0.4 is 4.90 Å². The van der Waals surface area contributed by atoms with Crippen molar-refractivity contribution in [3.8, 4) is 0 Å². The van der Waals surface area contributed by atoms with Gasteiger partial charge in [0.1, 0.15) is 11.0 Å². The van der Waals surface area contributed by atoms with Crippen molar-refractivity contribution in [2.75, 3.05) is 24.7 Å². The number of hydrogen-bond acceptors (Lipinski definition) is 5. The summed E-state index contributed by atoms with van der Waals surface area (Å²) >= 11 is 6.08. The molecule has 0 aliphatic carbocycles. The van der Waals surface area contributed by atoms with Crippen molar-refractivity contribution in [1.82, 2.24) is 14.6 Å². The smallest absolute Gasteiger partial charge is 0.159 e. The first-order chi connectivity index (χ1) is 9.62. The monoisotopic (exact) mass is 296 g/mol. The van der Waals surface area contributed by atoms with Crippen LogP contribution in [0.3, 0.4) is 0 Å². The van der Waals surface area contributed by atoms with E-state index in [9.17, 15) is 10.2 Å². The third kappa shape index (κ3) is 2.24. The van der Waals surface area contributed by atoms with Crippen LogP contribution in [-0.2, 0) is 0 Å². The van der Waals surface area contributed by atoms with E-state index in [1.807, 2.05) is 17.9 Å². The molecule has 3 rings (SSSR count). The average molecular weight is 297 g/mol. The third-order valence-corrected chi connectivity index (χ3v) is 3.96. The molecule has 2 atom stereocenters. The van der Waals surface area contributed by atoms with E-state index in [1.165, 1.54) is 0 Å². The lowest BCUT2D eigenvalue weighted by molar-refractivity contribution is 0.224. The molecule has 0 radical (unpaired) electrons. The Balaban J connectivity index is 2.08. The molecule has 2 aromatic heterocycles. The highest BCUT2D eigenvalue weighted by atomic mass is 35.5. The Bertz CT molecular complexity index is 630. The van der Waals surface area contributed by atoms with Gasteiger partial charge in [0.25, 0.3) is 0 Å². The van der Waals surface area contributed by atoms with Crippen LogP contribution in [0, 0.1) is 12.8 Å². The summed E-state index contributed by atoms with van der Waals surface area (Å²) in [7, 11) is 0. The van der Waals surface area contributed by atoms with Gasteiger partial charge in [0.2, 0.25) is 0 Å². The molecule has 1 saturated heterocycles. The molecule has 0 saturated carbocycles. The molecule has 2 N–H and O–H groups in total. The van der Waals surface area contributed by atoms with E-state index >= 15 is 0 Å². The minimum atomic E-state index is -0.0293. The first kappa shape index (κ1) is 13.6. The van der Waals surface area contributed by atoms with Gasteiger partial charge in [-0.15, -0.1) is 0 Å². The van der Waals surface area contributed by atoms with E-state index in [1.54, 1.807) is 10.6 Å². The van der Waals surface area contributed by atoms with Crippen molar-refractivity contribution in [3.05, 3.63) is 23.0 Å². The molecule has 0 bridgehead atoms. The second-order valence-corrected chi connectivity index (χ2v) is 5.65. The van der Waals surface area contributed by atoms with Crippen molar-refractivity contribution >= 4 is 23.1 Å². The summed E-state index contributed by atoms with van der Waals surface area (Å²) in [5.41, 5.74) is 1.55. The number of aromatic nitrogens is 3. The van der Waals surface area contributed by atoms with Crippen LogP contribution in [0.2, 0.25) is 5.15 Å². The van der Waals surface area contributed by atoms with Crippen molar-refractivity contribution in [3.63, 3.8) is 0 Å². The highest BCUT2D eigenvalue weighted by molar-refractivity contribution is 6.29. The molecule has 0 spiro atoms. The fraction of sp³-hybridized carbons (Fsp3) is 0.538. The van der Waals surface area contributed by atoms with Gasteiger partial charge >= 0.3 is 0 Å². The standard InChI is InChI=1S/C13H17ClN4O2/c1-8-2-12-15-11(14)4-13(18(12)16-8)17-5-9(6-19)3-10(17)7-20/h2,4,9-10,19-20H,3,5-7H2,1H3. The lowest BCUT2D eigenvalue weighted by atomic mass is 10.1. The molecule has 0 amide bonds. The zero-order valence-electron chi connectivity index (χ0n) is 11.2. The van der Waals surface area contributed by atoms with E-state index in [4.69, 9.17) is 11.6 Å². The molecule has 3 heterocycles. The molecule has 1 aliphatic rings. The van der Waals surface area contributed by atoms with Crippen LogP contribution >= 0.6 is 11.6 Å². The van der Waals surface area contributed by atoms with Gasteiger partial charge in [-0.3, -0.25) is 0 Å². The average Bonchev–Trinajstić information content (AvgIpc) is 2.99. The summed E-state index contributed by atoms with van der Waals surface area (Å²) < 4.78 is 1.74. The van der Waals surface area contributed by atoms with E-state index in [0.717, 1.165) is 17.9 Å². The van der Waals surface area contributed by atoms with Gasteiger partial charge in [-0.05, 0) is 13.3 Å². The molecule has 2 unspecified atom stereocenters. The van der Waals surface area contributed by atoms with Gasteiger partial charge < -0.3 is 15.1 Å². The number of nitrogens with zero attached hydrogens (tertiary/aromatic N) is 4. The number of aliphatic hydroxyl groups excluding tert-OH is 2. The summed E-state index contributed by atoms with van der Waals surface area (Å²) in [6.07, 6.45) is 0.759. The van der Waals surface area contributed by atoms with Crippen molar-refractivity contribution in [2.24, 2.45) is 5.92 Å². The Kier molecular flexibility index (Phi) is 3.54. The van der Waals surface area contributed by atoms with Crippen LogP contribution in [0.4, 0.5) is 5.82 Å². The first-order valence-electron chi connectivity index (χ1n) is 6.63. The molecule has 2 aromatic rings. The number of aryl methyl sites for hydroxylation is 1. The summed E-state index contributed by atoms with van der Waals surface area (Å²) in [6, 6.07) is 3.59. The maximum absolute atomic E-state index is 9.56. The summed E-state index contributed by atoms with van der Waals surface area (Å²) in [6.45, 7) is 2.73. The van der Waals surface area contributed by atoms with Crippen molar-refractivity contribution < 1.29 is 10.2 Å². The van der Waals surface area contributed by atoms with Crippen molar-refractivity contribution in [1.29, 1.82) is 0 Å². The number of anilines is 1. The summed E-state index contributed by atoms with van der Waals surface area (Å²) in [4.78, 5) is 6.30. The van der Waals surface area contributed by atoms with Crippen LogP contribution in [-0.4, -0.2) is 50.6 Å². The van der Waals surface area contributed by atoms with Gasteiger partial charge in [0, 0.05) is 31.2 Å². The number of rotatable bonds is 3. The van der Waals surface area contributed by atoms with E-state index in [-0.39, 0.29) is 25.2 Å².